The van der Waals surface area contributed by atoms with Crippen molar-refractivity contribution in [3.05, 3.63) is 60.5 Å². The Bertz CT molecular complexity index is 1100. The summed E-state index contributed by atoms with van der Waals surface area (Å²) in [5, 5.41) is 3.00. The van der Waals surface area contributed by atoms with Crippen LogP contribution in [0.1, 0.15) is 30.8 Å². The Kier molecular flexibility index (Phi) is 6.55. The van der Waals surface area contributed by atoms with E-state index in [0.29, 0.717) is 49.1 Å². The second-order valence-corrected chi connectivity index (χ2v) is 8.09. The summed E-state index contributed by atoms with van der Waals surface area (Å²) >= 11 is 0. The number of ether oxygens (including phenoxy) is 2. The van der Waals surface area contributed by atoms with E-state index in [4.69, 9.17) is 13.9 Å². The molecule has 4 rings (SSSR count). The van der Waals surface area contributed by atoms with Crippen molar-refractivity contribution >= 4 is 17.5 Å². The van der Waals surface area contributed by atoms with Crippen molar-refractivity contribution in [2.24, 2.45) is 0 Å². The zero-order valence-electron chi connectivity index (χ0n) is 19.2. The number of hydrogen-bond donors (Lipinski definition) is 1. The predicted octanol–water partition coefficient (Wildman–Crippen LogP) is 3.72. The summed E-state index contributed by atoms with van der Waals surface area (Å²) in [6.07, 6.45) is 2.28. The fourth-order valence-corrected chi connectivity index (χ4v) is 4.20. The van der Waals surface area contributed by atoms with E-state index >= 15 is 0 Å². The summed E-state index contributed by atoms with van der Waals surface area (Å²) in [4.78, 5) is 28.8. The Labute approximate surface area is 193 Å². The summed E-state index contributed by atoms with van der Waals surface area (Å²) in [5.41, 5.74) is 0.719. The minimum atomic E-state index is -1.16. The van der Waals surface area contributed by atoms with Crippen molar-refractivity contribution in [1.82, 2.24) is 9.88 Å². The molecule has 0 saturated carbocycles. The molecule has 8 heteroatoms. The first-order valence-corrected chi connectivity index (χ1v) is 11.1. The number of anilines is 1. The van der Waals surface area contributed by atoms with Gasteiger partial charge in [-0.25, -0.2) is 0 Å². The number of furan rings is 1. The Morgan fingerprint density at radius 3 is 2.58 bits per heavy atom. The first kappa shape index (κ1) is 22.7. The number of nitrogens with one attached hydrogen (secondary N) is 1. The molecule has 174 valence electrons. The molecule has 3 aromatic rings. The maximum Gasteiger partial charge on any atom is 0.275 e. The van der Waals surface area contributed by atoms with Crippen molar-refractivity contribution in [2.45, 2.75) is 32.4 Å². The standard InChI is InChI=1S/C25H29N3O5/c1-4-32-15-6-14-26-24(30)25(2)17-27-20(22-7-5-16-33-22)12-13-21(27)23(29)28(25)18-8-10-19(31-3)11-9-18/h5,7-13,16H,4,6,14-15,17H2,1-3H3,(H,26,30)/t25-/m1/s1. The van der Waals surface area contributed by atoms with Gasteiger partial charge in [0.2, 0.25) is 5.91 Å². The van der Waals surface area contributed by atoms with Crippen LogP contribution in [0.2, 0.25) is 0 Å². The van der Waals surface area contributed by atoms with E-state index in [-0.39, 0.29) is 18.4 Å². The largest absolute Gasteiger partial charge is 0.497 e. The van der Waals surface area contributed by atoms with Crippen LogP contribution in [-0.2, 0) is 16.1 Å². The molecule has 0 bridgehead atoms. The highest BCUT2D eigenvalue weighted by molar-refractivity contribution is 6.12. The minimum absolute atomic E-state index is 0.229. The third-order valence-corrected chi connectivity index (χ3v) is 5.91. The lowest BCUT2D eigenvalue weighted by Gasteiger charge is -2.44. The van der Waals surface area contributed by atoms with E-state index in [2.05, 4.69) is 5.32 Å². The normalized spacial score (nSPS) is 17.7. The summed E-state index contributed by atoms with van der Waals surface area (Å²) in [6, 6.07) is 14.4. The molecular formula is C25H29N3O5. The second-order valence-electron chi connectivity index (χ2n) is 8.09. The lowest BCUT2D eigenvalue weighted by molar-refractivity contribution is -0.126. The molecule has 1 aromatic carbocycles. The topological polar surface area (TPSA) is 85.9 Å². The van der Waals surface area contributed by atoms with Crippen LogP contribution in [-0.4, -0.2) is 48.8 Å². The maximum absolute atomic E-state index is 13.7. The van der Waals surface area contributed by atoms with Gasteiger partial charge in [0.15, 0.2) is 0 Å². The van der Waals surface area contributed by atoms with Crippen LogP contribution in [0.15, 0.2) is 59.2 Å². The van der Waals surface area contributed by atoms with E-state index in [1.807, 2.05) is 23.6 Å². The van der Waals surface area contributed by atoms with Crippen molar-refractivity contribution in [3.63, 3.8) is 0 Å². The van der Waals surface area contributed by atoms with Crippen molar-refractivity contribution < 1.29 is 23.5 Å². The van der Waals surface area contributed by atoms with E-state index in [0.717, 1.165) is 5.69 Å². The van der Waals surface area contributed by atoms with Gasteiger partial charge in [-0.3, -0.25) is 14.5 Å². The molecule has 1 aliphatic rings. The van der Waals surface area contributed by atoms with E-state index in [9.17, 15) is 9.59 Å². The fourth-order valence-electron chi connectivity index (χ4n) is 4.20. The minimum Gasteiger partial charge on any atom is -0.497 e. The van der Waals surface area contributed by atoms with Gasteiger partial charge in [-0.05, 0) is 68.8 Å². The number of methoxy groups -OCH3 is 1. The Morgan fingerprint density at radius 1 is 1.15 bits per heavy atom. The Hall–Kier alpha value is -3.52. The van der Waals surface area contributed by atoms with Gasteiger partial charge in [0.1, 0.15) is 22.7 Å². The van der Waals surface area contributed by atoms with Crippen molar-refractivity contribution in [2.75, 3.05) is 31.8 Å². The molecule has 0 fully saturated rings. The Balaban J connectivity index is 1.71. The van der Waals surface area contributed by atoms with Gasteiger partial charge in [0, 0.05) is 25.4 Å². The summed E-state index contributed by atoms with van der Waals surface area (Å²) in [5.74, 6) is 0.837. The van der Waals surface area contributed by atoms with Crippen LogP contribution in [0.3, 0.4) is 0 Å². The van der Waals surface area contributed by atoms with Crippen LogP contribution < -0.4 is 15.0 Å². The molecule has 1 atom stereocenters. The average Bonchev–Trinajstić information content (AvgIpc) is 3.49. The number of rotatable bonds is 9. The molecule has 33 heavy (non-hydrogen) atoms. The van der Waals surface area contributed by atoms with Crippen molar-refractivity contribution in [3.8, 4) is 17.2 Å². The lowest BCUT2D eigenvalue weighted by atomic mass is 9.93. The van der Waals surface area contributed by atoms with Crippen LogP contribution in [0.25, 0.3) is 11.5 Å². The van der Waals surface area contributed by atoms with Gasteiger partial charge in [-0.15, -0.1) is 0 Å². The molecular weight excluding hydrogens is 422 g/mol. The van der Waals surface area contributed by atoms with Crippen LogP contribution in [0, 0.1) is 0 Å². The predicted molar refractivity (Wildman–Crippen MR) is 124 cm³/mol. The highest BCUT2D eigenvalue weighted by Gasteiger charge is 2.48. The van der Waals surface area contributed by atoms with Gasteiger partial charge < -0.3 is 23.8 Å². The number of benzene rings is 1. The van der Waals surface area contributed by atoms with E-state index in [1.165, 1.54) is 0 Å². The summed E-state index contributed by atoms with van der Waals surface area (Å²) in [7, 11) is 1.59. The summed E-state index contributed by atoms with van der Waals surface area (Å²) in [6.45, 7) is 5.67. The van der Waals surface area contributed by atoms with Gasteiger partial charge >= 0.3 is 0 Å². The molecule has 2 aromatic heterocycles. The number of nitrogens with zero attached hydrogens (tertiary/aromatic N) is 2. The van der Waals surface area contributed by atoms with E-state index in [1.54, 1.807) is 61.6 Å². The molecule has 2 amide bonds. The number of aromatic nitrogens is 1. The molecule has 0 spiro atoms. The monoisotopic (exact) mass is 451 g/mol. The number of carbonyl (C=O) groups excluding carboxylic acids is 2. The molecule has 0 saturated heterocycles. The van der Waals surface area contributed by atoms with Gasteiger partial charge in [-0.2, -0.15) is 0 Å². The second kappa shape index (κ2) is 9.54. The average molecular weight is 452 g/mol. The zero-order valence-corrected chi connectivity index (χ0v) is 19.2. The highest BCUT2D eigenvalue weighted by Crippen LogP contribution is 2.37. The zero-order chi connectivity index (χ0) is 23.4. The van der Waals surface area contributed by atoms with Crippen molar-refractivity contribution in [1.29, 1.82) is 0 Å². The van der Waals surface area contributed by atoms with Gasteiger partial charge in [0.25, 0.3) is 5.91 Å². The van der Waals surface area contributed by atoms with E-state index < -0.39 is 5.54 Å². The quantitative estimate of drug-likeness (QED) is 0.501. The maximum atomic E-state index is 13.7. The fraction of sp³-hybridized carbons (Fsp3) is 0.360. The third kappa shape index (κ3) is 4.26. The number of hydrogen-bond acceptors (Lipinski definition) is 5. The van der Waals surface area contributed by atoms with Crippen LogP contribution in [0.5, 0.6) is 5.75 Å². The molecule has 1 aliphatic heterocycles. The molecule has 0 unspecified atom stereocenters. The van der Waals surface area contributed by atoms with Crippen LogP contribution in [0.4, 0.5) is 5.69 Å². The SMILES string of the molecule is CCOCCCNC(=O)[C@@]1(C)Cn2c(ccc2-c2ccco2)C(=O)N1c1ccc(OC)cc1. The highest BCUT2D eigenvalue weighted by atomic mass is 16.5. The first-order valence-electron chi connectivity index (χ1n) is 11.1. The van der Waals surface area contributed by atoms with Gasteiger partial charge in [0.05, 0.1) is 25.6 Å². The number of carbonyl (C=O) groups is 2. The molecule has 3 heterocycles. The first-order chi connectivity index (χ1) is 16.0. The number of fused-ring (bicyclic) bond motifs is 1. The molecule has 0 aliphatic carbocycles. The Morgan fingerprint density at radius 2 is 1.91 bits per heavy atom. The number of amides is 2. The molecule has 8 nitrogen and oxygen atoms in total. The smallest absolute Gasteiger partial charge is 0.275 e. The summed E-state index contributed by atoms with van der Waals surface area (Å²) < 4.78 is 18.1. The molecule has 0 radical (unpaired) electrons. The van der Waals surface area contributed by atoms with Gasteiger partial charge in [-0.1, -0.05) is 0 Å². The molecule has 1 N–H and O–H groups in total. The third-order valence-electron chi connectivity index (χ3n) is 5.91. The van der Waals surface area contributed by atoms with Crippen LogP contribution >= 0.6 is 0 Å². The lowest BCUT2D eigenvalue weighted by Crippen LogP contribution is -2.64.